The normalized spacial score (nSPS) is 23.5. The summed E-state index contributed by atoms with van der Waals surface area (Å²) < 4.78 is 10.8. The van der Waals surface area contributed by atoms with Gasteiger partial charge in [-0.3, -0.25) is 0 Å². The fourth-order valence-corrected chi connectivity index (χ4v) is 3.68. The van der Waals surface area contributed by atoms with Gasteiger partial charge in [-0.2, -0.15) is 0 Å². The van der Waals surface area contributed by atoms with Crippen molar-refractivity contribution in [2.45, 2.75) is 121 Å². The lowest BCUT2D eigenvalue weighted by Gasteiger charge is -2.20. The molecule has 0 unspecified atom stereocenters. The molecule has 0 aromatic rings. The Hall–Kier alpha value is -0.620. The predicted molar refractivity (Wildman–Crippen MR) is 113 cm³/mol. The van der Waals surface area contributed by atoms with Crippen molar-refractivity contribution in [1.29, 1.82) is 0 Å². The molecule has 0 spiro atoms. The second kappa shape index (κ2) is 17.3. The number of allylic oxidation sites excluding steroid dienone is 1. The first-order valence-electron chi connectivity index (χ1n) is 11.6. The molecule has 1 saturated heterocycles. The summed E-state index contributed by atoms with van der Waals surface area (Å²) in [4.78, 5) is 0. The number of rotatable bonds is 18. The molecule has 5 heteroatoms. The maximum Gasteiger partial charge on any atom is 0.149 e. The van der Waals surface area contributed by atoms with Crippen LogP contribution in [0.5, 0.6) is 0 Å². The van der Waals surface area contributed by atoms with E-state index in [0.29, 0.717) is 0 Å². The van der Waals surface area contributed by atoms with E-state index in [0.717, 1.165) is 12.8 Å². The molecular formula is C23H44O5. The van der Waals surface area contributed by atoms with Crippen molar-refractivity contribution in [2.24, 2.45) is 0 Å². The summed E-state index contributed by atoms with van der Waals surface area (Å²) >= 11 is 0. The topological polar surface area (TPSA) is 79.2 Å². The summed E-state index contributed by atoms with van der Waals surface area (Å²) in [6, 6.07) is 0. The zero-order valence-electron chi connectivity index (χ0n) is 17.9. The maximum atomic E-state index is 10.0. The molecule has 1 aliphatic heterocycles. The molecule has 1 rings (SSSR count). The van der Waals surface area contributed by atoms with Gasteiger partial charge in [-0.15, -0.1) is 0 Å². The fraction of sp³-hybridized carbons (Fsp3) is 0.913. The smallest absolute Gasteiger partial charge is 0.149 e. The van der Waals surface area contributed by atoms with E-state index >= 15 is 0 Å². The minimum Gasteiger partial charge on any atom is -0.493 e. The van der Waals surface area contributed by atoms with E-state index in [9.17, 15) is 10.2 Å². The molecule has 1 aliphatic rings. The van der Waals surface area contributed by atoms with Gasteiger partial charge in [0.1, 0.15) is 24.4 Å². The van der Waals surface area contributed by atoms with E-state index in [1.165, 1.54) is 77.0 Å². The Morgan fingerprint density at radius 2 is 1.46 bits per heavy atom. The Balaban J connectivity index is 1.86. The third-order valence-electron chi connectivity index (χ3n) is 5.56. The van der Waals surface area contributed by atoms with E-state index in [2.05, 4.69) is 6.92 Å². The van der Waals surface area contributed by atoms with E-state index in [4.69, 9.17) is 14.6 Å². The molecule has 0 amide bonds. The van der Waals surface area contributed by atoms with Crippen LogP contribution in [0.1, 0.15) is 96.8 Å². The molecule has 4 atom stereocenters. The highest BCUT2D eigenvalue weighted by molar-refractivity contribution is 4.90. The lowest BCUT2D eigenvalue weighted by Crippen LogP contribution is -2.40. The van der Waals surface area contributed by atoms with Gasteiger partial charge >= 0.3 is 0 Å². The Kier molecular flexibility index (Phi) is 15.7. The average Bonchev–Trinajstić information content (AvgIpc) is 3.07. The van der Waals surface area contributed by atoms with Gasteiger partial charge in [0.15, 0.2) is 0 Å². The highest BCUT2D eigenvalue weighted by atomic mass is 16.6. The molecule has 166 valence electrons. The number of hydrogen-bond acceptors (Lipinski definition) is 5. The number of hydrogen-bond donors (Lipinski definition) is 3. The van der Waals surface area contributed by atoms with Crippen LogP contribution in [0.3, 0.4) is 0 Å². The van der Waals surface area contributed by atoms with Gasteiger partial charge < -0.3 is 24.8 Å². The minimum absolute atomic E-state index is 0.228. The molecule has 0 saturated carbocycles. The average molecular weight is 401 g/mol. The molecular weight excluding hydrogens is 356 g/mol. The monoisotopic (exact) mass is 400 g/mol. The quantitative estimate of drug-likeness (QED) is 0.233. The number of aliphatic hydroxyl groups excluding tert-OH is 3. The van der Waals surface area contributed by atoms with Crippen LogP contribution in [0.4, 0.5) is 0 Å². The van der Waals surface area contributed by atoms with Crippen molar-refractivity contribution in [3.8, 4) is 0 Å². The molecule has 0 bridgehead atoms. The van der Waals surface area contributed by atoms with Gasteiger partial charge in [0.2, 0.25) is 0 Å². The largest absolute Gasteiger partial charge is 0.493 e. The van der Waals surface area contributed by atoms with Gasteiger partial charge in [0.25, 0.3) is 0 Å². The van der Waals surface area contributed by atoms with Crippen LogP contribution in [0, 0.1) is 0 Å². The molecule has 0 aliphatic carbocycles. The van der Waals surface area contributed by atoms with Gasteiger partial charge in [-0.1, -0.05) is 84.0 Å². The second-order valence-electron chi connectivity index (χ2n) is 8.12. The van der Waals surface area contributed by atoms with Crippen molar-refractivity contribution in [3.05, 3.63) is 12.3 Å². The summed E-state index contributed by atoms with van der Waals surface area (Å²) in [6.45, 7) is 2.07. The highest BCUT2D eigenvalue weighted by Gasteiger charge is 2.40. The second-order valence-corrected chi connectivity index (χ2v) is 8.12. The van der Waals surface area contributed by atoms with Gasteiger partial charge in [0, 0.05) is 0 Å². The van der Waals surface area contributed by atoms with Crippen LogP contribution in [-0.2, 0) is 9.47 Å². The molecule has 1 fully saturated rings. The first-order chi connectivity index (χ1) is 13.7. The van der Waals surface area contributed by atoms with Crippen molar-refractivity contribution >= 4 is 0 Å². The van der Waals surface area contributed by atoms with Crippen molar-refractivity contribution < 1.29 is 24.8 Å². The van der Waals surface area contributed by atoms with E-state index in [-0.39, 0.29) is 6.61 Å². The lowest BCUT2D eigenvalue weighted by molar-refractivity contribution is -0.0689. The Bertz CT molecular complexity index is 374. The fourth-order valence-electron chi connectivity index (χ4n) is 3.68. The Morgan fingerprint density at radius 1 is 0.929 bits per heavy atom. The van der Waals surface area contributed by atoms with Crippen molar-refractivity contribution in [2.75, 3.05) is 13.2 Å². The van der Waals surface area contributed by atoms with Gasteiger partial charge in [-0.05, 0) is 18.9 Å². The molecule has 0 aromatic heterocycles. The van der Waals surface area contributed by atoms with Crippen LogP contribution in [0.15, 0.2) is 12.3 Å². The maximum absolute atomic E-state index is 10.0. The van der Waals surface area contributed by atoms with Gasteiger partial charge in [-0.25, -0.2) is 0 Å². The highest BCUT2D eigenvalue weighted by Crippen LogP contribution is 2.20. The molecule has 0 aromatic carbocycles. The van der Waals surface area contributed by atoms with Crippen LogP contribution in [0.25, 0.3) is 0 Å². The van der Waals surface area contributed by atoms with E-state index in [1.54, 1.807) is 6.26 Å². The van der Waals surface area contributed by atoms with Crippen molar-refractivity contribution in [1.82, 2.24) is 0 Å². The van der Waals surface area contributed by atoms with Crippen LogP contribution in [-0.4, -0.2) is 52.9 Å². The summed E-state index contributed by atoms with van der Waals surface area (Å²) in [7, 11) is 0. The molecule has 5 nitrogen and oxygen atoms in total. The number of unbranched alkanes of at least 4 members (excludes halogenated alkanes) is 13. The van der Waals surface area contributed by atoms with E-state index < -0.39 is 31.0 Å². The Morgan fingerprint density at radius 3 is 2.00 bits per heavy atom. The minimum atomic E-state index is -1.07. The zero-order valence-corrected chi connectivity index (χ0v) is 17.9. The molecule has 28 heavy (non-hydrogen) atoms. The third-order valence-corrected chi connectivity index (χ3v) is 5.56. The predicted octanol–water partition coefficient (Wildman–Crippen LogP) is 4.48. The summed E-state index contributed by atoms with van der Waals surface area (Å²) in [5, 5.41) is 28.5. The van der Waals surface area contributed by atoms with Crippen LogP contribution in [0.2, 0.25) is 0 Å². The Labute approximate surface area is 172 Å². The van der Waals surface area contributed by atoms with E-state index in [1.807, 2.05) is 6.08 Å². The standard InChI is InChI=1S/C23H44O5/c1-2-3-4-5-6-7-8-9-10-11-12-13-14-15-16-17-27-21-19-28-23(22(21)26)20(25)18-24/h16-17,20-26H,2-15,18-19H2,1H3/b17-16+/t20-,21+,22+,23+/m0/s1. The van der Waals surface area contributed by atoms with Crippen LogP contribution < -0.4 is 0 Å². The molecule has 3 N–H and O–H groups in total. The molecule has 0 radical (unpaired) electrons. The zero-order chi connectivity index (χ0) is 20.5. The first kappa shape index (κ1) is 25.4. The van der Waals surface area contributed by atoms with Crippen molar-refractivity contribution in [3.63, 3.8) is 0 Å². The SMILES string of the molecule is CCCCCCCCCCCCCCC/C=C/O[C@@H]1CO[C@H]([C@@H](O)CO)[C@@H]1O. The molecule has 1 heterocycles. The lowest BCUT2D eigenvalue weighted by atomic mass is 10.0. The first-order valence-corrected chi connectivity index (χ1v) is 11.6. The third kappa shape index (κ3) is 11.4. The van der Waals surface area contributed by atoms with Crippen LogP contribution >= 0.6 is 0 Å². The number of ether oxygens (including phenoxy) is 2. The summed E-state index contributed by atoms with van der Waals surface area (Å²) in [5.41, 5.74) is 0. The van der Waals surface area contributed by atoms with Gasteiger partial charge in [0.05, 0.1) is 19.5 Å². The summed E-state index contributed by atoms with van der Waals surface area (Å²) in [5.74, 6) is 0. The number of aliphatic hydroxyl groups is 3. The summed E-state index contributed by atoms with van der Waals surface area (Å²) in [6.07, 6.45) is 19.0.